The van der Waals surface area contributed by atoms with Gasteiger partial charge in [-0.3, -0.25) is 19.4 Å². The van der Waals surface area contributed by atoms with Crippen LogP contribution in [0.2, 0.25) is 0 Å². The first-order valence-corrected chi connectivity index (χ1v) is 8.86. The van der Waals surface area contributed by atoms with Crippen molar-refractivity contribution in [2.75, 3.05) is 39.3 Å². The van der Waals surface area contributed by atoms with E-state index in [1.807, 2.05) is 18.7 Å². The zero-order valence-electron chi connectivity index (χ0n) is 15.4. The largest absolute Gasteiger partial charge is 0.480 e. The van der Waals surface area contributed by atoms with Crippen LogP contribution in [-0.4, -0.2) is 77.0 Å². The van der Waals surface area contributed by atoms with Gasteiger partial charge in [-0.15, -0.1) is 0 Å². The highest BCUT2D eigenvalue weighted by atomic mass is 16.4. The molecule has 1 amide bonds. The Morgan fingerprint density at radius 3 is 2.40 bits per heavy atom. The average molecular weight is 347 g/mol. The number of nitrogens with zero attached hydrogens (tertiary/aromatic N) is 3. The van der Waals surface area contributed by atoms with Crippen molar-refractivity contribution in [2.24, 2.45) is 0 Å². The van der Waals surface area contributed by atoms with Crippen molar-refractivity contribution >= 4 is 11.9 Å². The fourth-order valence-electron chi connectivity index (χ4n) is 3.09. The maximum atomic E-state index is 12.5. The highest BCUT2D eigenvalue weighted by molar-refractivity contribution is 5.79. The van der Waals surface area contributed by atoms with E-state index in [0.717, 1.165) is 19.6 Å². The lowest BCUT2D eigenvalue weighted by molar-refractivity contribution is -0.141. The number of rotatable bonds is 7. The SMILES string of the molecule is Cc1cccc(CN2CCN(C(=O)CN(CC(=O)O)C(C)C)CC2)c1. The van der Waals surface area contributed by atoms with Gasteiger partial charge in [0.1, 0.15) is 0 Å². The Labute approximate surface area is 150 Å². The average Bonchev–Trinajstić information content (AvgIpc) is 2.54. The summed E-state index contributed by atoms with van der Waals surface area (Å²) in [6.45, 7) is 9.98. The van der Waals surface area contributed by atoms with E-state index in [4.69, 9.17) is 5.11 Å². The van der Waals surface area contributed by atoms with Crippen LogP contribution in [0.15, 0.2) is 24.3 Å². The number of hydrogen-bond donors (Lipinski definition) is 1. The second-order valence-electron chi connectivity index (χ2n) is 7.04. The zero-order chi connectivity index (χ0) is 18.4. The van der Waals surface area contributed by atoms with E-state index in [9.17, 15) is 9.59 Å². The molecule has 1 heterocycles. The minimum atomic E-state index is -0.899. The van der Waals surface area contributed by atoms with Gasteiger partial charge in [-0.05, 0) is 26.3 Å². The van der Waals surface area contributed by atoms with Crippen LogP contribution in [0.1, 0.15) is 25.0 Å². The minimum Gasteiger partial charge on any atom is -0.480 e. The first-order chi connectivity index (χ1) is 11.8. The number of aryl methyl sites for hydroxylation is 1. The van der Waals surface area contributed by atoms with Gasteiger partial charge in [0.05, 0.1) is 13.1 Å². The third-order valence-electron chi connectivity index (χ3n) is 4.62. The maximum absolute atomic E-state index is 12.5. The summed E-state index contributed by atoms with van der Waals surface area (Å²) in [6.07, 6.45) is 0. The van der Waals surface area contributed by atoms with Crippen molar-refractivity contribution in [2.45, 2.75) is 33.4 Å². The summed E-state index contributed by atoms with van der Waals surface area (Å²) in [5.41, 5.74) is 2.56. The molecule has 6 nitrogen and oxygen atoms in total. The van der Waals surface area contributed by atoms with E-state index in [0.29, 0.717) is 13.1 Å². The molecule has 0 atom stereocenters. The summed E-state index contributed by atoms with van der Waals surface area (Å²) in [5, 5.41) is 8.98. The number of amides is 1. The lowest BCUT2D eigenvalue weighted by Gasteiger charge is -2.36. The van der Waals surface area contributed by atoms with E-state index in [1.54, 1.807) is 4.90 Å². The van der Waals surface area contributed by atoms with Crippen LogP contribution in [0.4, 0.5) is 0 Å². The van der Waals surface area contributed by atoms with E-state index < -0.39 is 5.97 Å². The van der Waals surface area contributed by atoms with Gasteiger partial charge >= 0.3 is 5.97 Å². The third kappa shape index (κ3) is 6.14. The number of hydrogen-bond acceptors (Lipinski definition) is 4. The highest BCUT2D eigenvalue weighted by Crippen LogP contribution is 2.11. The first-order valence-electron chi connectivity index (χ1n) is 8.86. The van der Waals surface area contributed by atoms with Crippen molar-refractivity contribution in [3.63, 3.8) is 0 Å². The number of carbonyl (C=O) groups is 2. The Hall–Kier alpha value is -1.92. The van der Waals surface area contributed by atoms with Crippen LogP contribution in [0.25, 0.3) is 0 Å². The summed E-state index contributed by atoms with van der Waals surface area (Å²) in [4.78, 5) is 29.3. The number of carboxylic acid groups (broad SMARTS) is 1. The number of carboxylic acids is 1. The minimum absolute atomic E-state index is 0.0187. The van der Waals surface area contributed by atoms with E-state index in [-0.39, 0.29) is 25.0 Å². The van der Waals surface area contributed by atoms with Gasteiger partial charge in [0.15, 0.2) is 0 Å². The standard InChI is InChI=1S/C19H29N3O3/c1-15(2)22(14-19(24)25)13-18(23)21-9-7-20(8-10-21)12-17-6-4-5-16(3)11-17/h4-6,11,15H,7-10,12-14H2,1-3H3,(H,24,25). The molecule has 1 saturated heterocycles. The maximum Gasteiger partial charge on any atom is 0.317 e. The molecule has 0 spiro atoms. The highest BCUT2D eigenvalue weighted by Gasteiger charge is 2.24. The quantitative estimate of drug-likeness (QED) is 0.808. The summed E-state index contributed by atoms with van der Waals surface area (Å²) < 4.78 is 0. The molecule has 1 aromatic rings. The molecule has 1 aliphatic heterocycles. The smallest absolute Gasteiger partial charge is 0.317 e. The monoisotopic (exact) mass is 347 g/mol. The molecule has 0 bridgehead atoms. The predicted molar refractivity (Wildman–Crippen MR) is 97.4 cm³/mol. The first kappa shape index (κ1) is 19.4. The van der Waals surface area contributed by atoms with Crippen LogP contribution >= 0.6 is 0 Å². The number of carbonyl (C=O) groups excluding carboxylic acids is 1. The Morgan fingerprint density at radius 1 is 1.16 bits per heavy atom. The van der Waals surface area contributed by atoms with Crippen LogP contribution in [0.5, 0.6) is 0 Å². The van der Waals surface area contributed by atoms with Crippen molar-refractivity contribution in [1.82, 2.24) is 14.7 Å². The van der Waals surface area contributed by atoms with Crippen molar-refractivity contribution in [3.05, 3.63) is 35.4 Å². The van der Waals surface area contributed by atoms with E-state index >= 15 is 0 Å². The molecule has 0 aromatic heterocycles. The summed E-state index contributed by atoms with van der Waals surface area (Å²) >= 11 is 0. The van der Waals surface area contributed by atoms with Gasteiger partial charge in [-0.1, -0.05) is 29.8 Å². The van der Waals surface area contributed by atoms with Crippen molar-refractivity contribution in [1.29, 1.82) is 0 Å². The van der Waals surface area contributed by atoms with E-state index in [1.165, 1.54) is 11.1 Å². The molecule has 6 heteroatoms. The summed E-state index contributed by atoms with van der Waals surface area (Å²) in [6, 6.07) is 8.54. The number of benzene rings is 1. The van der Waals surface area contributed by atoms with Crippen LogP contribution in [-0.2, 0) is 16.1 Å². The fraction of sp³-hybridized carbons (Fsp3) is 0.579. The molecule has 1 N–H and O–H groups in total. The van der Waals surface area contributed by atoms with Crippen LogP contribution in [0, 0.1) is 6.92 Å². The molecule has 25 heavy (non-hydrogen) atoms. The molecular formula is C19H29N3O3. The molecule has 1 aliphatic rings. The number of piperazine rings is 1. The fourth-order valence-corrected chi connectivity index (χ4v) is 3.09. The molecule has 1 aromatic carbocycles. The van der Waals surface area contributed by atoms with Crippen LogP contribution in [0.3, 0.4) is 0 Å². The molecule has 0 radical (unpaired) electrons. The second kappa shape index (κ2) is 8.97. The Bertz CT molecular complexity index is 595. The molecule has 1 fully saturated rings. The van der Waals surface area contributed by atoms with Crippen molar-refractivity contribution < 1.29 is 14.7 Å². The topological polar surface area (TPSA) is 64.1 Å². The Kier molecular flexibility index (Phi) is 6.96. The molecule has 0 saturated carbocycles. The van der Waals surface area contributed by atoms with E-state index in [2.05, 4.69) is 36.1 Å². The Morgan fingerprint density at radius 2 is 1.84 bits per heavy atom. The van der Waals surface area contributed by atoms with Gasteiger partial charge in [0, 0.05) is 38.8 Å². The zero-order valence-corrected chi connectivity index (χ0v) is 15.4. The normalized spacial score (nSPS) is 15.8. The van der Waals surface area contributed by atoms with Gasteiger partial charge in [0.2, 0.25) is 5.91 Å². The lowest BCUT2D eigenvalue weighted by Crippen LogP contribution is -2.52. The predicted octanol–water partition coefficient (Wildman–Crippen LogP) is 1.43. The number of aliphatic carboxylic acids is 1. The molecule has 0 unspecified atom stereocenters. The van der Waals surface area contributed by atoms with Gasteiger partial charge < -0.3 is 10.0 Å². The molecular weight excluding hydrogens is 318 g/mol. The molecule has 138 valence electrons. The van der Waals surface area contributed by atoms with Crippen molar-refractivity contribution in [3.8, 4) is 0 Å². The van der Waals surface area contributed by atoms with Crippen LogP contribution < -0.4 is 0 Å². The second-order valence-corrected chi connectivity index (χ2v) is 7.04. The van der Waals surface area contributed by atoms with Gasteiger partial charge in [0.25, 0.3) is 0 Å². The molecule has 2 rings (SSSR count). The van der Waals surface area contributed by atoms with Gasteiger partial charge in [-0.2, -0.15) is 0 Å². The molecule has 0 aliphatic carbocycles. The van der Waals surface area contributed by atoms with Gasteiger partial charge in [-0.25, -0.2) is 0 Å². The Balaban J connectivity index is 1.82. The summed E-state index contributed by atoms with van der Waals surface area (Å²) in [5.74, 6) is -0.880. The lowest BCUT2D eigenvalue weighted by atomic mass is 10.1. The third-order valence-corrected chi connectivity index (χ3v) is 4.62. The summed E-state index contributed by atoms with van der Waals surface area (Å²) in [7, 11) is 0.